The predicted octanol–water partition coefficient (Wildman–Crippen LogP) is 4.25. The number of rotatable bonds is 5. The number of carbonyl (C=O) groups is 3. The maximum Gasteiger partial charge on any atom is 0.234 e. The summed E-state index contributed by atoms with van der Waals surface area (Å²) in [6.07, 6.45) is 3.32. The van der Waals surface area contributed by atoms with Gasteiger partial charge in [0.25, 0.3) is 0 Å². The van der Waals surface area contributed by atoms with E-state index in [1.54, 1.807) is 12.1 Å². The van der Waals surface area contributed by atoms with E-state index in [-0.39, 0.29) is 24.1 Å². The summed E-state index contributed by atoms with van der Waals surface area (Å²) in [4.78, 5) is 36.6. The Morgan fingerprint density at radius 3 is 2.33 bits per heavy atom. The topological polar surface area (TPSA) is 75.3 Å². The number of amides is 3. The summed E-state index contributed by atoms with van der Waals surface area (Å²) >= 11 is 12.9. The summed E-state index contributed by atoms with van der Waals surface area (Å²) in [5.74, 6) is -1.22. The number of nitrogens with one attached hydrogen (secondary N) is 2. The highest BCUT2D eigenvalue weighted by Crippen LogP contribution is 2.44. The second-order valence-corrected chi connectivity index (χ2v) is 8.78. The number of hydrogen-bond acceptors (Lipinski definition) is 3. The summed E-state index contributed by atoms with van der Waals surface area (Å²) in [5.41, 5.74) is 1.86. The van der Waals surface area contributed by atoms with Gasteiger partial charge >= 0.3 is 0 Å². The van der Waals surface area contributed by atoms with Gasteiger partial charge in [0.2, 0.25) is 17.7 Å². The van der Waals surface area contributed by atoms with E-state index in [9.17, 15) is 14.4 Å². The van der Waals surface area contributed by atoms with Gasteiger partial charge in [-0.25, -0.2) is 0 Å². The van der Waals surface area contributed by atoms with Crippen molar-refractivity contribution < 1.29 is 14.4 Å². The van der Waals surface area contributed by atoms with E-state index >= 15 is 0 Å². The zero-order valence-electron chi connectivity index (χ0n) is 16.3. The summed E-state index contributed by atoms with van der Waals surface area (Å²) in [6.45, 7) is 0.294. The molecule has 2 fully saturated rings. The van der Waals surface area contributed by atoms with Crippen molar-refractivity contribution in [3.05, 3.63) is 69.2 Å². The Balaban J connectivity index is 1.49. The van der Waals surface area contributed by atoms with Crippen LogP contribution in [0.5, 0.6) is 0 Å². The third-order valence-corrected chi connectivity index (χ3v) is 6.77. The van der Waals surface area contributed by atoms with Gasteiger partial charge in [-0.2, -0.15) is 0 Å². The lowest BCUT2D eigenvalue weighted by Gasteiger charge is -2.40. The molecule has 1 aliphatic heterocycles. The molecular weight excluding hydrogens is 423 g/mol. The minimum absolute atomic E-state index is 0.00134. The minimum Gasteiger partial charge on any atom is -0.351 e. The molecule has 0 aromatic heterocycles. The van der Waals surface area contributed by atoms with Crippen LogP contribution >= 0.6 is 23.2 Å². The number of benzene rings is 2. The molecule has 0 radical (unpaired) electrons. The first-order valence-corrected chi connectivity index (χ1v) is 10.8. The molecule has 156 valence electrons. The molecule has 3 amide bonds. The Morgan fingerprint density at radius 1 is 1.10 bits per heavy atom. The lowest BCUT2D eigenvalue weighted by atomic mass is 9.64. The van der Waals surface area contributed by atoms with Crippen LogP contribution in [0.4, 0.5) is 0 Å². The number of halogens is 2. The van der Waals surface area contributed by atoms with E-state index in [2.05, 4.69) is 10.6 Å². The van der Waals surface area contributed by atoms with Crippen molar-refractivity contribution in [1.29, 1.82) is 0 Å². The molecule has 2 aliphatic rings. The fraction of sp³-hybridized carbons (Fsp3) is 0.348. The highest BCUT2D eigenvalue weighted by atomic mass is 35.5. The van der Waals surface area contributed by atoms with Gasteiger partial charge in [0.1, 0.15) is 0 Å². The van der Waals surface area contributed by atoms with E-state index in [0.29, 0.717) is 28.6 Å². The fourth-order valence-electron chi connectivity index (χ4n) is 4.33. The van der Waals surface area contributed by atoms with Crippen LogP contribution in [0, 0.1) is 0 Å². The third-order valence-electron chi connectivity index (χ3n) is 6.15. The van der Waals surface area contributed by atoms with Crippen molar-refractivity contribution in [3.63, 3.8) is 0 Å². The molecule has 1 unspecified atom stereocenters. The van der Waals surface area contributed by atoms with Crippen LogP contribution in [0.1, 0.15) is 54.7 Å². The molecule has 2 N–H and O–H groups in total. The first kappa shape index (κ1) is 20.9. The van der Waals surface area contributed by atoms with Crippen molar-refractivity contribution >= 4 is 40.9 Å². The van der Waals surface area contributed by atoms with E-state index in [4.69, 9.17) is 23.2 Å². The van der Waals surface area contributed by atoms with Crippen LogP contribution in [-0.2, 0) is 26.3 Å². The summed E-state index contributed by atoms with van der Waals surface area (Å²) in [7, 11) is 0. The monoisotopic (exact) mass is 444 g/mol. The minimum atomic E-state index is -0.553. The molecule has 30 heavy (non-hydrogen) atoms. The van der Waals surface area contributed by atoms with Gasteiger partial charge in [0, 0.05) is 28.6 Å². The first-order valence-electron chi connectivity index (χ1n) is 10.1. The van der Waals surface area contributed by atoms with Crippen LogP contribution in [0.3, 0.4) is 0 Å². The van der Waals surface area contributed by atoms with Gasteiger partial charge in [-0.15, -0.1) is 0 Å². The van der Waals surface area contributed by atoms with Crippen molar-refractivity contribution in [2.24, 2.45) is 0 Å². The maximum absolute atomic E-state index is 13.0. The zero-order valence-corrected chi connectivity index (χ0v) is 17.9. The molecule has 1 aliphatic carbocycles. The molecule has 2 aromatic rings. The SMILES string of the molecule is O=C1CCC(c2c(Cl)cc(CNC(=O)C3(c4ccccc4)CCC3)cc2Cl)C(=O)N1. The molecule has 1 atom stereocenters. The molecule has 4 rings (SSSR count). The molecule has 2 aromatic carbocycles. The molecule has 1 saturated carbocycles. The van der Waals surface area contributed by atoms with Crippen LogP contribution in [0.25, 0.3) is 0 Å². The molecule has 5 nitrogen and oxygen atoms in total. The lowest BCUT2D eigenvalue weighted by molar-refractivity contribution is -0.134. The number of hydrogen-bond donors (Lipinski definition) is 2. The smallest absolute Gasteiger partial charge is 0.234 e. The Kier molecular flexibility index (Phi) is 5.85. The first-order chi connectivity index (χ1) is 14.4. The zero-order chi connectivity index (χ0) is 21.3. The molecule has 1 heterocycles. The Hall–Kier alpha value is -2.37. The second-order valence-electron chi connectivity index (χ2n) is 7.96. The van der Waals surface area contributed by atoms with E-state index in [0.717, 1.165) is 30.4 Å². The van der Waals surface area contributed by atoms with Crippen LogP contribution in [-0.4, -0.2) is 17.7 Å². The van der Waals surface area contributed by atoms with E-state index in [1.165, 1.54) is 0 Å². The van der Waals surface area contributed by atoms with E-state index in [1.807, 2.05) is 30.3 Å². The van der Waals surface area contributed by atoms with Gasteiger partial charge in [0.15, 0.2) is 0 Å². The van der Waals surface area contributed by atoms with Crippen molar-refractivity contribution in [3.8, 4) is 0 Å². The Labute approximate surface area is 185 Å². The van der Waals surface area contributed by atoms with Crippen LogP contribution in [0.15, 0.2) is 42.5 Å². The summed E-state index contributed by atoms with van der Waals surface area (Å²) < 4.78 is 0. The predicted molar refractivity (Wildman–Crippen MR) is 115 cm³/mol. The summed E-state index contributed by atoms with van der Waals surface area (Å²) in [5, 5.41) is 6.09. The molecule has 1 saturated heterocycles. The highest BCUT2D eigenvalue weighted by Gasteiger charge is 2.45. The van der Waals surface area contributed by atoms with Gasteiger partial charge in [-0.1, -0.05) is 60.0 Å². The quantitative estimate of drug-likeness (QED) is 0.676. The van der Waals surface area contributed by atoms with Crippen molar-refractivity contribution in [1.82, 2.24) is 10.6 Å². The Bertz CT molecular complexity index is 980. The molecule has 0 spiro atoms. The average Bonchev–Trinajstić information content (AvgIpc) is 2.67. The standard InChI is InChI=1S/C23H22Cl2N2O3/c24-17-11-14(12-18(25)20(17)16-7-8-19(28)27-21(16)29)13-26-22(30)23(9-4-10-23)15-5-2-1-3-6-15/h1-3,5-6,11-12,16H,4,7-10,13H2,(H,26,30)(H,27,28,29). The molecular formula is C23H22Cl2N2O3. The van der Waals surface area contributed by atoms with E-state index < -0.39 is 11.3 Å². The fourth-order valence-corrected chi connectivity index (χ4v) is 5.12. The largest absolute Gasteiger partial charge is 0.351 e. The van der Waals surface area contributed by atoms with Crippen LogP contribution in [0.2, 0.25) is 10.0 Å². The van der Waals surface area contributed by atoms with Crippen molar-refractivity contribution in [2.75, 3.05) is 0 Å². The lowest BCUT2D eigenvalue weighted by Crippen LogP contribution is -2.48. The number of carbonyl (C=O) groups excluding carboxylic acids is 3. The highest BCUT2D eigenvalue weighted by molar-refractivity contribution is 6.36. The molecule has 0 bridgehead atoms. The number of piperidine rings is 1. The normalized spacial score (nSPS) is 20.3. The van der Waals surface area contributed by atoms with Gasteiger partial charge in [-0.05, 0) is 42.5 Å². The van der Waals surface area contributed by atoms with Crippen LogP contribution < -0.4 is 10.6 Å². The van der Waals surface area contributed by atoms with Gasteiger partial charge < -0.3 is 5.32 Å². The third kappa shape index (κ3) is 3.84. The molecule has 7 heteroatoms. The van der Waals surface area contributed by atoms with Gasteiger partial charge in [-0.3, -0.25) is 19.7 Å². The number of imide groups is 1. The maximum atomic E-state index is 13.0. The van der Waals surface area contributed by atoms with Gasteiger partial charge in [0.05, 0.1) is 11.3 Å². The Morgan fingerprint density at radius 2 is 1.77 bits per heavy atom. The second kappa shape index (κ2) is 8.40. The van der Waals surface area contributed by atoms with Crippen molar-refractivity contribution in [2.45, 2.75) is 50.0 Å². The average molecular weight is 445 g/mol. The summed E-state index contributed by atoms with van der Waals surface area (Å²) in [6, 6.07) is 13.3.